The van der Waals surface area contributed by atoms with Crippen molar-refractivity contribution in [2.45, 2.75) is 32.7 Å². The lowest BCUT2D eigenvalue weighted by Crippen LogP contribution is -2.18. The summed E-state index contributed by atoms with van der Waals surface area (Å²) in [7, 11) is 0. The van der Waals surface area contributed by atoms with Gasteiger partial charge in [0.05, 0.1) is 12.8 Å². The minimum absolute atomic E-state index is 0.00164. The molecule has 1 saturated carbocycles. The normalized spacial score (nSPS) is 13.8. The van der Waals surface area contributed by atoms with E-state index in [2.05, 4.69) is 53.8 Å². The summed E-state index contributed by atoms with van der Waals surface area (Å²) in [4.78, 5) is 11.8. The third kappa shape index (κ3) is 4.36. The van der Waals surface area contributed by atoms with E-state index in [9.17, 15) is 4.79 Å². The molecule has 0 spiro atoms. The van der Waals surface area contributed by atoms with Crippen LogP contribution in [-0.4, -0.2) is 21.9 Å². The molecule has 3 aromatic rings. The van der Waals surface area contributed by atoms with Crippen LogP contribution < -0.4 is 5.43 Å². The number of nitrogens with zero attached hydrogens (tertiary/aromatic N) is 3. The van der Waals surface area contributed by atoms with Crippen molar-refractivity contribution in [3.8, 4) is 11.3 Å². The highest BCUT2D eigenvalue weighted by Crippen LogP contribution is 2.28. The fourth-order valence-electron chi connectivity index (χ4n) is 3.11. The summed E-state index contributed by atoms with van der Waals surface area (Å²) in [5.41, 5.74) is 7.91. The van der Waals surface area contributed by atoms with Gasteiger partial charge >= 0.3 is 0 Å². The Morgan fingerprint density at radius 2 is 1.89 bits per heavy atom. The molecule has 5 nitrogen and oxygen atoms in total. The van der Waals surface area contributed by atoms with E-state index in [0.29, 0.717) is 6.54 Å². The van der Waals surface area contributed by atoms with Crippen LogP contribution in [0, 0.1) is 5.92 Å². The molecule has 1 N–H and O–H groups in total. The summed E-state index contributed by atoms with van der Waals surface area (Å²) < 4.78 is 1.92. The Labute approximate surface area is 165 Å². The summed E-state index contributed by atoms with van der Waals surface area (Å²) in [6.45, 7) is 2.83. The van der Waals surface area contributed by atoms with Crippen LogP contribution in [0.5, 0.6) is 0 Å². The van der Waals surface area contributed by atoms with Crippen molar-refractivity contribution in [3.63, 3.8) is 0 Å². The Morgan fingerprint density at radius 3 is 2.57 bits per heavy atom. The Morgan fingerprint density at radius 1 is 1.14 bits per heavy atom. The van der Waals surface area contributed by atoms with E-state index in [-0.39, 0.29) is 11.8 Å². The van der Waals surface area contributed by atoms with E-state index in [1.165, 1.54) is 11.1 Å². The lowest BCUT2D eigenvalue weighted by molar-refractivity contribution is -0.122. The SMILES string of the molecule is CCc1ccc(-c2nn(Cc3ccccc3)cc2/C=N\NC(=O)C2CC2)cc1. The van der Waals surface area contributed by atoms with Gasteiger partial charge in [0, 0.05) is 23.2 Å². The van der Waals surface area contributed by atoms with Gasteiger partial charge in [-0.15, -0.1) is 0 Å². The van der Waals surface area contributed by atoms with Crippen molar-refractivity contribution >= 4 is 12.1 Å². The second-order valence-corrected chi connectivity index (χ2v) is 7.18. The molecule has 1 aliphatic carbocycles. The number of hydrogen-bond donors (Lipinski definition) is 1. The molecule has 0 bridgehead atoms. The molecule has 0 unspecified atom stereocenters. The lowest BCUT2D eigenvalue weighted by Gasteiger charge is -2.02. The van der Waals surface area contributed by atoms with E-state index in [4.69, 9.17) is 5.10 Å². The fourth-order valence-corrected chi connectivity index (χ4v) is 3.11. The van der Waals surface area contributed by atoms with Crippen molar-refractivity contribution in [2.75, 3.05) is 0 Å². The van der Waals surface area contributed by atoms with Gasteiger partial charge in [0.1, 0.15) is 5.69 Å². The molecule has 2 aromatic carbocycles. The van der Waals surface area contributed by atoms with Crippen LogP contribution in [0.2, 0.25) is 0 Å². The highest BCUT2D eigenvalue weighted by molar-refractivity contribution is 5.90. The molecular weight excluding hydrogens is 348 g/mol. The Hall–Kier alpha value is -3.21. The Bertz CT molecular complexity index is 970. The number of amides is 1. The Balaban J connectivity index is 1.60. The molecule has 4 rings (SSSR count). The summed E-state index contributed by atoms with van der Waals surface area (Å²) in [6.07, 6.45) is 6.60. The molecule has 0 aliphatic heterocycles. The molecule has 1 aromatic heterocycles. The van der Waals surface area contributed by atoms with Crippen LogP contribution in [0.25, 0.3) is 11.3 Å². The van der Waals surface area contributed by atoms with Gasteiger partial charge < -0.3 is 0 Å². The number of carbonyl (C=O) groups is 1. The van der Waals surface area contributed by atoms with E-state index in [1.54, 1.807) is 6.21 Å². The van der Waals surface area contributed by atoms with E-state index in [1.807, 2.05) is 29.1 Å². The van der Waals surface area contributed by atoms with Crippen LogP contribution in [0.1, 0.15) is 36.5 Å². The third-order valence-electron chi connectivity index (χ3n) is 4.94. The van der Waals surface area contributed by atoms with E-state index >= 15 is 0 Å². The smallest absolute Gasteiger partial charge is 0.243 e. The van der Waals surface area contributed by atoms with Crippen molar-refractivity contribution in [2.24, 2.45) is 11.0 Å². The number of hydrogen-bond acceptors (Lipinski definition) is 3. The minimum Gasteiger partial charge on any atom is -0.273 e. The first kappa shape index (κ1) is 18.2. The van der Waals surface area contributed by atoms with Crippen molar-refractivity contribution in [1.29, 1.82) is 0 Å². The summed E-state index contributed by atoms with van der Waals surface area (Å²) in [5, 5.41) is 8.95. The van der Waals surface area contributed by atoms with Crippen LogP contribution in [0.3, 0.4) is 0 Å². The summed E-state index contributed by atoms with van der Waals surface area (Å²) >= 11 is 0. The zero-order valence-corrected chi connectivity index (χ0v) is 16.0. The van der Waals surface area contributed by atoms with Gasteiger partial charge in [-0.1, -0.05) is 61.5 Å². The average molecular weight is 372 g/mol. The van der Waals surface area contributed by atoms with Gasteiger partial charge in [-0.3, -0.25) is 9.48 Å². The maximum Gasteiger partial charge on any atom is 0.243 e. The standard InChI is InChI=1S/C23H24N4O/c1-2-17-8-10-19(11-9-17)22-21(14-24-25-23(28)20-12-13-20)16-27(26-22)15-18-6-4-3-5-7-18/h3-11,14,16,20H,2,12-13,15H2,1H3,(H,25,28)/b24-14-. The predicted octanol–water partition coefficient (Wildman–Crippen LogP) is 4.02. The molecule has 142 valence electrons. The Kier molecular flexibility index (Phi) is 5.33. The zero-order valence-electron chi connectivity index (χ0n) is 16.0. The first-order valence-corrected chi connectivity index (χ1v) is 9.76. The number of rotatable bonds is 7. The second kappa shape index (κ2) is 8.21. The van der Waals surface area contributed by atoms with Gasteiger partial charge in [0.2, 0.25) is 5.91 Å². The van der Waals surface area contributed by atoms with Crippen LogP contribution in [0.15, 0.2) is 65.9 Å². The molecule has 5 heteroatoms. The second-order valence-electron chi connectivity index (χ2n) is 7.18. The molecular formula is C23H24N4O. The van der Waals surface area contributed by atoms with E-state index in [0.717, 1.165) is 36.1 Å². The molecule has 0 atom stereocenters. The first-order chi connectivity index (χ1) is 13.7. The lowest BCUT2D eigenvalue weighted by atomic mass is 10.1. The number of aromatic nitrogens is 2. The maximum atomic E-state index is 11.8. The van der Waals surface area contributed by atoms with Crippen molar-refractivity contribution in [1.82, 2.24) is 15.2 Å². The molecule has 1 amide bonds. The van der Waals surface area contributed by atoms with Crippen LogP contribution in [-0.2, 0) is 17.8 Å². The van der Waals surface area contributed by atoms with Gasteiger partial charge in [0.15, 0.2) is 0 Å². The third-order valence-corrected chi connectivity index (χ3v) is 4.94. The molecule has 0 radical (unpaired) electrons. The van der Waals surface area contributed by atoms with Crippen molar-refractivity contribution in [3.05, 3.63) is 77.5 Å². The highest BCUT2D eigenvalue weighted by atomic mass is 16.2. The molecule has 1 fully saturated rings. The average Bonchev–Trinajstić information content (AvgIpc) is 3.51. The number of benzene rings is 2. The monoisotopic (exact) mass is 372 g/mol. The number of nitrogens with one attached hydrogen (secondary N) is 1. The maximum absolute atomic E-state index is 11.8. The quantitative estimate of drug-likeness (QED) is 0.503. The summed E-state index contributed by atoms with van der Waals surface area (Å²) in [6, 6.07) is 18.7. The van der Waals surface area contributed by atoms with Crippen LogP contribution >= 0.6 is 0 Å². The van der Waals surface area contributed by atoms with Gasteiger partial charge in [-0.25, -0.2) is 5.43 Å². The number of hydrazone groups is 1. The first-order valence-electron chi connectivity index (χ1n) is 9.76. The molecule has 1 heterocycles. The minimum atomic E-state index is 0.00164. The van der Waals surface area contributed by atoms with Gasteiger partial charge in [0.25, 0.3) is 0 Å². The van der Waals surface area contributed by atoms with Crippen LogP contribution in [0.4, 0.5) is 0 Å². The molecule has 28 heavy (non-hydrogen) atoms. The van der Waals surface area contributed by atoms with Crippen molar-refractivity contribution < 1.29 is 4.79 Å². The highest BCUT2D eigenvalue weighted by Gasteiger charge is 2.29. The zero-order chi connectivity index (χ0) is 19.3. The number of aryl methyl sites for hydroxylation is 1. The van der Waals surface area contributed by atoms with E-state index < -0.39 is 0 Å². The number of carbonyl (C=O) groups excluding carboxylic acids is 1. The fraction of sp³-hybridized carbons (Fsp3) is 0.261. The molecule has 0 saturated heterocycles. The largest absolute Gasteiger partial charge is 0.273 e. The summed E-state index contributed by atoms with van der Waals surface area (Å²) in [5.74, 6) is 0.140. The van der Waals surface area contributed by atoms with Gasteiger partial charge in [-0.05, 0) is 30.4 Å². The predicted molar refractivity (Wildman–Crippen MR) is 111 cm³/mol. The topological polar surface area (TPSA) is 59.3 Å². The molecule has 1 aliphatic rings. The van der Waals surface area contributed by atoms with Gasteiger partial charge in [-0.2, -0.15) is 10.2 Å².